The second-order valence-corrected chi connectivity index (χ2v) is 6.27. The molecule has 0 saturated carbocycles. The van der Waals surface area contributed by atoms with Crippen LogP contribution in [0.5, 0.6) is 0 Å². The van der Waals surface area contributed by atoms with Gasteiger partial charge in [-0.15, -0.1) is 0 Å². The first-order valence-electron chi connectivity index (χ1n) is 6.86. The fraction of sp³-hybridized carbons (Fsp3) is 0.188. The van der Waals surface area contributed by atoms with E-state index in [1.165, 1.54) is 11.3 Å². The average molecular weight is 335 g/mol. The molecule has 0 spiro atoms. The first kappa shape index (κ1) is 15.1. The molecule has 1 unspecified atom stereocenters. The molecule has 0 radical (unpaired) electrons. The van der Waals surface area contributed by atoms with Gasteiger partial charge in [0, 0.05) is 28.7 Å². The van der Waals surface area contributed by atoms with Gasteiger partial charge in [-0.05, 0) is 46.2 Å². The number of aliphatic hydroxyl groups is 1. The van der Waals surface area contributed by atoms with Crippen LogP contribution in [-0.2, 0) is 11.2 Å². The number of rotatable bonds is 5. The Morgan fingerprint density at radius 1 is 1.41 bits per heavy atom. The van der Waals surface area contributed by atoms with E-state index < -0.39 is 6.10 Å². The van der Waals surface area contributed by atoms with E-state index in [0.29, 0.717) is 5.02 Å². The first-order valence-corrected chi connectivity index (χ1v) is 8.18. The predicted molar refractivity (Wildman–Crippen MR) is 89.3 cm³/mol. The number of hydrogen-bond acceptors (Lipinski definition) is 3. The lowest BCUT2D eigenvalue weighted by Crippen LogP contribution is -2.29. The third-order valence-corrected chi connectivity index (χ3v) is 4.44. The molecule has 0 bridgehead atoms. The van der Waals surface area contributed by atoms with Crippen molar-refractivity contribution in [3.05, 3.63) is 57.4 Å². The summed E-state index contributed by atoms with van der Waals surface area (Å²) in [4.78, 5) is 15.2. The summed E-state index contributed by atoms with van der Waals surface area (Å²) in [6, 6.07) is 7.39. The van der Waals surface area contributed by atoms with Gasteiger partial charge in [0.05, 0.1) is 12.5 Å². The summed E-state index contributed by atoms with van der Waals surface area (Å²) in [5.74, 6) is -0.129. The fourth-order valence-electron chi connectivity index (χ4n) is 2.33. The maximum atomic E-state index is 12.0. The number of fused-ring (bicyclic) bond motifs is 1. The molecule has 4 nitrogen and oxygen atoms in total. The van der Waals surface area contributed by atoms with E-state index in [1.54, 1.807) is 6.07 Å². The zero-order chi connectivity index (χ0) is 15.5. The Balaban J connectivity index is 1.62. The number of aliphatic hydroxyl groups excluding tert-OH is 1. The number of amides is 1. The van der Waals surface area contributed by atoms with Crippen LogP contribution in [0.2, 0.25) is 5.02 Å². The van der Waals surface area contributed by atoms with Crippen molar-refractivity contribution in [2.45, 2.75) is 12.5 Å². The molecule has 3 rings (SSSR count). The average Bonchev–Trinajstić information content (AvgIpc) is 3.15. The van der Waals surface area contributed by atoms with Crippen molar-refractivity contribution in [3.8, 4) is 0 Å². The number of aromatic nitrogens is 1. The van der Waals surface area contributed by atoms with E-state index >= 15 is 0 Å². The van der Waals surface area contributed by atoms with E-state index in [4.69, 9.17) is 11.6 Å². The van der Waals surface area contributed by atoms with Gasteiger partial charge >= 0.3 is 0 Å². The lowest BCUT2D eigenvalue weighted by molar-refractivity contribution is -0.120. The summed E-state index contributed by atoms with van der Waals surface area (Å²) >= 11 is 7.52. The molecule has 2 aromatic heterocycles. The summed E-state index contributed by atoms with van der Waals surface area (Å²) in [5.41, 5.74) is 2.66. The molecule has 6 heteroatoms. The molecule has 1 aromatic carbocycles. The quantitative estimate of drug-likeness (QED) is 0.670. The minimum atomic E-state index is -0.674. The molecule has 0 aliphatic heterocycles. The SMILES string of the molecule is O=C(Cc1c[nH]c2ccc(Cl)cc12)NCC(O)c1ccsc1. The Kier molecular flexibility index (Phi) is 4.47. The van der Waals surface area contributed by atoms with E-state index in [2.05, 4.69) is 10.3 Å². The molecule has 22 heavy (non-hydrogen) atoms. The van der Waals surface area contributed by atoms with Crippen molar-refractivity contribution >= 4 is 39.7 Å². The van der Waals surface area contributed by atoms with Crippen molar-refractivity contribution < 1.29 is 9.90 Å². The van der Waals surface area contributed by atoms with Gasteiger partial charge in [-0.1, -0.05) is 11.6 Å². The lowest BCUT2D eigenvalue weighted by Gasteiger charge is -2.10. The van der Waals surface area contributed by atoms with Crippen LogP contribution in [0.1, 0.15) is 17.2 Å². The van der Waals surface area contributed by atoms with E-state index in [0.717, 1.165) is 22.0 Å². The standard InChI is InChI=1S/C16H15ClN2O2S/c17-12-1-2-14-13(6-12)11(7-18-14)5-16(21)19-8-15(20)10-3-4-22-9-10/h1-4,6-7,9,15,18,20H,5,8H2,(H,19,21). The van der Waals surface area contributed by atoms with Crippen LogP contribution >= 0.6 is 22.9 Å². The first-order chi connectivity index (χ1) is 10.6. The van der Waals surface area contributed by atoms with Crippen molar-refractivity contribution in [1.29, 1.82) is 0 Å². The van der Waals surface area contributed by atoms with Gasteiger partial charge in [-0.25, -0.2) is 0 Å². The Morgan fingerprint density at radius 2 is 2.27 bits per heavy atom. The van der Waals surface area contributed by atoms with E-state index in [1.807, 2.05) is 35.2 Å². The largest absolute Gasteiger partial charge is 0.387 e. The van der Waals surface area contributed by atoms with Crippen LogP contribution in [0.4, 0.5) is 0 Å². The van der Waals surface area contributed by atoms with E-state index in [9.17, 15) is 9.90 Å². The summed E-state index contributed by atoms with van der Waals surface area (Å²) in [5, 5.41) is 18.1. The van der Waals surface area contributed by atoms with Crippen LogP contribution in [0.25, 0.3) is 10.9 Å². The van der Waals surface area contributed by atoms with Gasteiger partial charge in [0.15, 0.2) is 0 Å². The zero-order valence-corrected chi connectivity index (χ0v) is 13.2. The van der Waals surface area contributed by atoms with Crippen LogP contribution in [-0.4, -0.2) is 22.5 Å². The van der Waals surface area contributed by atoms with Gasteiger partial charge < -0.3 is 15.4 Å². The van der Waals surface area contributed by atoms with E-state index in [-0.39, 0.29) is 18.9 Å². The lowest BCUT2D eigenvalue weighted by atomic mass is 10.1. The minimum Gasteiger partial charge on any atom is -0.387 e. The van der Waals surface area contributed by atoms with Crippen molar-refractivity contribution in [2.75, 3.05) is 6.54 Å². The highest BCUT2D eigenvalue weighted by atomic mass is 35.5. The molecule has 1 atom stereocenters. The number of hydrogen-bond donors (Lipinski definition) is 3. The molecular weight excluding hydrogens is 320 g/mol. The Morgan fingerprint density at radius 3 is 3.05 bits per heavy atom. The number of carbonyl (C=O) groups is 1. The van der Waals surface area contributed by atoms with Crippen molar-refractivity contribution in [3.63, 3.8) is 0 Å². The molecule has 0 aliphatic rings. The van der Waals surface area contributed by atoms with Gasteiger partial charge in [0.25, 0.3) is 0 Å². The topological polar surface area (TPSA) is 65.1 Å². The number of H-pyrrole nitrogens is 1. The molecule has 3 N–H and O–H groups in total. The summed E-state index contributed by atoms with van der Waals surface area (Å²) in [6.07, 6.45) is 1.39. The second-order valence-electron chi connectivity index (χ2n) is 5.06. The Bertz CT molecular complexity index is 783. The number of nitrogens with one attached hydrogen (secondary N) is 2. The second kappa shape index (κ2) is 6.52. The molecule has 0 saturated heterocycles. The Labute approximate surface area is 136 Å². The predicted octanol–water partition coefficient (Wildman–Crippen LogP) is 3.28. The fourth-order valence-corrected chi connectivity index (χ4v) is 3.20. The van der Waals surface area contributed by atoms with Crippen LogP contribution in [0.15, 0.2) is 41.2 Å². The van der Waals surface area contributed by atoms with Gasteiger partial charge in [0.1, 0.15) is 0 Å². The third-order valence-electron chi connectivity index (χ3n) is 3.50. The number of aromatic amines is 1. The van der Waals surface area contributed by atoms with Crippen LogP contribution < -0.4 is 5.32 Å². The number of benzene rings is 1. The highest BCUT2D eigenvalue weighted by Gasteiger charge is 2.12. The number of thiophene rings is 1. The van der Waals surface area contributed by atoms with Crippen molar-refractivity contribution in [1.82, 2.24) is 10.3 Å². The molecular formula is C16H15ClN2O2S. The smallest absolute Gasteiger partial charge is 0.224 e. The highest BCUT2D eigenvalue weighted by Crippen LogP contribution is 2.22. The highest BCUT2D eigenvalue weighted by molar-refractivity contribution is 7.07. The maximum Gasteiger partial charge on any atom is 0.224 e. The Hall–Kier alpha value is -1.82. The number of carbonyl (C=O) groups excluding carboxylic acids is 1. The molecule has 0 aliphatic carbocycles. The molecule has 0 fully saturated rings. The molecule has 3 aromatic rings. The summed E-state index contributed by atoms with van der Waals surface area (Å²) < 4.78 is 0. The molecule has 114 valence electrons. The summed E-state index contributed by atoms with van der Waals surface area (Å²) in [7, 11) is 0. The van der Waals surface area contributed by atoms with Crippen molar-refractivity contribution in [2.24, 2.45) is 0 Å². The van der Waals surface area contributed by atoms with Crippen LogP contribution in [0.3, 0.4) is 0 Å². The number of halogens is 1. The van der Waals surface area contributed by atoms with Gasteiger partial charge in [0.2, 0.25) is 5.91 Å². The van der Waals surface area contributed by atoms with Crippen LogP contribution in [0, 0.1) is 0 Å². The normalized spacial score (nSPS) is 12.5. The monoisotopic (exact) mass is 334 g/mol. The molecule has 2 heterocycles. The maximum absolute atomic E-state index is 12.0. The minimum absolute atomic E-state index is 0.129. The summed E-state index contributed by atoms with van der Waals surface area (Å²) in [6.45, 7) is 0.207. The third kappa shape index (κ3) is 3.32. The zero-order valence-electron chi connectivity index (χ0n) is 11.7. The van der Waals surface area contributed by atoms with Gasteiger partial charge in [-0.2, -0.15) is 11.3 Å². The van der Waals surface area contributed by atoms with Gasteiger partial charge in [-0.3, -0.25) is 4.79 Å². The molecule has 1 amide bonds.